The Bertz CT molecular complexity index is 1410. The second-order valence-electron chi connectivity index (χ2n) is 8.42. The Morgan fingerprint density at radius 1 is 1.14 bits per heavy atom. The average molecular weight is 561 g/mol. The van der Waals surface area contributed by atoms with Crippen LogP contribution in [-0.2, 0) is 16.2 Å². The molecule has 0 unspecified atom stereocenters. The first-order valence-corrected chi connectivity index (χ1v) is 13.5. The third-order valence-corrected chi connectivity index (χ3v) is 8.96. The first-order chi connectivity index (χ1) is 17.0. The van der Waals surface area contributed by atoms with Crippen molar-refractivity contribution in [2.24, 2.45) is 0 Å². The molecule has 0 aliphatic carbocycles. The van der Waals surface area contributed by atoms with Gasteiger partial charge in [-0.15, -0.1) is 11.3 Å². The zero-order valence-electron chi connectivity index (χ0n) is 18.8. The fraction of sp³-hybridized carbons (Fsp3) is 0.304. The number of likely N-dealkylation sites (N-methyl/N-ethyl adjacent to an activating group) is 1. The Balaban J connectivity index is 1.47. The molecule has 0 saturated carbocycles. The van der Waals surface area contributed by atoms with Crippen LogP contribution in [0.3, 0.4) is 0 Å². The molecule has 0 radical (unpaired) electrons. The summed E-state index contributed by atoms with van der Waals surface area (Å²) in [6.45, 7) is 1.23. The summed E-state index contributed by atoms with van der Waals surface area (Å²) in [5.41, 5.74) is -0.177. The van der Waals surface area contributed by atoms with Gasteiger partial charge < -0.3 is 19.1 Å². The molecule has 36 heavy (non-hydrogen) atoms. The Morgan fingerprint density at radius 2 is 1.92 bits per heavy atom. The van der Waals surface area contributed by atoms with Gasteiger partial charge >= 0.3 is 6.18 Å². The Hall–Kier alpha value is -2.67. The van der Waals surface area contributed by atoms with Gasteiger partial charge in [0.15, 0.2) is 11.5 Å². The van der Waals surface area contributed by atoms with E-state index in [-0.39, 0.29) is 21.0 Å². The minimum atomic E-state index is -4.66. The van der Waals surface area contributed by atoms with E-state index in [1.165, 1.54) is 6.07 Å². The zero-order chi connectivity index (χ0) is 25.7. The van der Waals surface area contributed by atoms with Crippen molar-refractivity contribution in [2.45, 2.75) is 22.9 Å². The SMILES string of the molecule is CN1CC[C@@H](Oc2cc(NS(=O)(=O)c3sc(Cl)cc3-c3ccc4c(c3)OCO4)ccc2C(F)(F)F)C1. The predicted molar refractivity (Wildman–Crippen MR) is 130 cm³/mol. The van der Waals surface area contributed by atoms with E-state index in [0.717, 1.165) is 29.5 Å². The van der Waals surface area contributed by atoms with Gasteiger partial charge in [0.05, 0.1) is 15.6 Å². The Morgan fingerprint density at radius 3 is 2.64 bits per heavy atom. The van der Waals surface area contributed by atoms with Crippen molar-refractivity contribution >= 4 is 38.6 Å². The maximum absolute atomic E-state index is 13.6. The second-order valence-corrected chi connectivity index (χ2v) is 12.0. The van der Waals surface area contributed by atoms with Crippen molar-refractivity contribution in [1.29, 1.82) is 0 Å². The highest BCUT2D eigenvalue weighted by atomic mass is 35.5. The number of ether oxygens (including phenoxy) is 3. The van der Waals surface area contributed by atoms with Gasteiger partial charge in [-0.3, -0.25) is 4.72 Å². The van der Waals surface area contributed by atoms with Crippen molar-refractivity contribution in [3.05, 3.63) is 52.4 Å². The molecular weight excluding hydrogens is 541 g/mol. The van der Waals surface area contributed by atoms with Crippen LogP contribution in [0.1, 0.15) is 12.0 Å². The molecule has 2 aromatic carbocycles. The summed E-state index contributed by atoms with van der Waals surface area (Å²) in [5, 5.41) is 0. The van der Waals surface area contributed by atoms with E-state index in [2.05, 4.69) is 4.72 Å². The number of likely N-dealkylation sites (tertiary alicyclic amines) is 1. The first-order valence-electron chi connectivity index (χ1n) is 10.8. The molecule has 7 nitrogen and oxygen atoms in total. The lowest BCUT2D eigenvalue weighted by molar-refractivity contribution is -0.139. The van der Waals surface area contributed by atoms with Gasteiger partial charge in [-0.2, -0.15) is 13.2 Å². The summed E-state index contributed by atoms with van der Waals surface area (Å²) in [7, 11) is -2.37. The molecule has 3 heterocycles. The zero-order valence-corrected chi connectivity index (χ0v) is 21.2. The summed E-state index contributed by atoms with van der Waals surface area (Å²) in [6, 6.07) is 9.42. The lowest BCUT2D eigenvalue weighted by atomic mass is 10.1. The topological polar surface area (TPSA) is 77.1 Å². The van der Waals surface area contributed by atoms with Crippen LogP contribution in [0.4, 0.5) is 18.9 Å². The predicted octanol–water partition coefficient (Wildman–Crippen LogP) is 5.70. The van der Waals surface area contributed by atoms with E-state index < -0.39 is 33.6 Å². The van der Waals surface area contributed by atoms with E-state index in [4.69, 9.17) is 25.8 Å². The molecule has 1 fully saturated rings. The maximum Gasteiger partial charge on any atom is 0.419 e. The third-order valence-electron chi connectivity index (χ3n) is 5.78. The number of benzene rings is 2. The van der Waals surface area contributed by atoms with Crippen molar-refractivity contribution in [2.75, 3.05) is 31.7 Å². The number of rotatable bonds is 6. The highest BCUT2D eigenvalue weighted by molar-refractivity contribution is 7.94. The Labute approximate surface area is 214 Å². The van der Waals surface area contributed by atoms with Crippen molar-refractivity contribution in [3.8, 4) is 28.4 Å². The standard InChI is InChI=1S/C23H20ClF3N2O5S2/c1-29-7-6-15(11-29)34-19-9-14(3-4-17(19)23(25,26)27)28-36(30,31)22-16(10-21(24)35-22)13-2-5-18-20(8-13)33-12-32-18/h2-5,8-10,15,28H,6-7,11-12H2,1H3/t15-/m1/s1. The minimum Gasteiger partial charge on any atom is -0.488 e. The van der Waals surface area contributed by atoms with E-state index in [1.54, 1.807) is 18.2 Å². The molecule has 1 atom stereocenters. The maximum atomic E-state index is 13.6. The second kappa shape index (κ2) is 9.33. The molecule has 0 spiro atoms. The van der Waals surface area contributed by atoms with Gasteiger partial charge in [-0.05, 0) is 49.4 Å². The Kier molecular flexibility index (Phi) is 6.48. The van der Waals surface area contributed by atoms with Crippen LogP contribution < -0.4 is 18.9 Å². The highest BCUT2D eigenvalue weighted by Crippen LogP contribution is 2.43. The van der Waals surface area contributed by atoms with E-state index in [1.807, 2.05) is 11.9 Å². The number of anilines is 1. The van der Waals surface area contributed by atoms with Gasteiger partial charge in [0, 0.05) is 24.7 Å². The van der Waals surface area contributed by atoms with Gasteiger partial charge in [-0.25, -0.2) is 8.42 Å². The third kappa shape index (κ3) is 5.08. The summed E-state index contributed by atoms with van der Waals surface area (Å²) >= 11 is 7.00. The molecule has 5 rings (SSSR count). The lowest BCUT2D eigenvalue weighted by Gasteiger charge is -2.19. The molecule has 192 valence electrons. The monoisotopic (exact) mass is 560 g/mol. The number of hydrogen-bond donors (Lipinski definition) is 1. The van der Waals surface area contributed by atoms with Crippen LogP contribution in [0, 0.1) is 0 Å². The molecule has 0 amide bonds. The molecule has 1 aromatic heterocycles. The highest BCUT2D eigenvalue weighted by Gasteiger charge is 2.36. The summed E-state index contributed by atoms with van der Waals surface area (Å²) < 4.78 is 86.4. The summed E-state index contributed by atoms with van der Waals surface area (Å²) in [6.07, 6.45) is -4.53. The summed E-state index contributed by atoms with van der Waals surface area (Å²) in [4.78, 5) is 1.95. The van der Waals surface area contributed by atoms with Gasteiger partial charge in [0.25, 0.3) is 10.0 Å². The minimum absolute atomic E-state index is 0.0609. The first kappa shape index (κ1) is 25.0. The van der Waals surface area contributed by atoms with Crippen molar-refractivity contribution < 1.29 is 35.8 Å². The quantitative estimate of drug-likeness (QED) is 0.417. The number of hydrogen-bond acceptors (Lipinski definition) is 7. The normalized spacial score (nSPS) is 18.0. The van der Waals surface area contributed by atoms with Crippen LogP contribution in [-0.4, -0.2) is 46.4 Å². The summed E-state index contributed by atoms with van der Waals surface area (Å²) in [5.74, 6) is 0.574. The number of thiophene rings is 1. The number of fused-ring (bicyclic) bond motifs is 1. The van der Waals surface area contributed by atoms with E-state index in [0.29, 0.717) is 42.1 Å². The van der Waals surface area contributed by atoms with E-state index >= 15 is 0 Å². The molecule has 0 bridgehead atoms. The van der Waals surface area contributed by atoms with Crippen LogP contribution >= 0.6 is 22.9 Å². The molecule has 1 N–H and O–H groups in total. The number of alkyl halides is 3. The molecular formula is C23H20ClF3N2O5S2. The largest absolute Gasteiger partial charge is 0.488 e. The molecule has 13 heteroatoms. The van der Waals surface area contributed by atoms with Crippen LogP contribution in [0.15, 0.2) is 46.7 Å². The van der Waals surface area contributed by atoms with Crippen LogP contribution in [0.25, 0.3) is 11.1 Å². The molecule has 2 aliphatic rings. The van der Waals surface area contributed by atoms with Gasteiger partial charge in [0.1, 0.15) is 16.1 Å². The molecule has 1 saturated heterocycles. The van der Waals surface area contributed by atoms with Gasteiger partial charge in [0.2, 0.25) is 6.79 Å². The average Bonchev–Trinajstić information content (AvgIpc) is 3.52. The van der Waals surface area contributed by atoms with Gasteiger partial charge in [-0.1, -0.05) is 17.7 Å². The molecule has 2 aliphatic heterocycles. The smallest absolute Gasteiger partial charge is 0.419 e. The fourth-order valence-corrected chi connectivity index (χ4v) is 7.05. The van der Waals surface area contributed by atoms with Crippen LogP contribution in [0.2, 0.25) is 4.34 Å². The number of nitrogens with zero attached hydrogens (tertiary/aromatic N) is 1. The van der Waals surface area contributed by atoms with E-state index in [9.17, 15) is 21.6 Å². The number of sulfonamides is 1. The molecule has 3 aromatic rings. The van der Waals surface area contributed by atoms with Crippen LogP contribution in [0.5, 0.6) is 17.2 Å². The number of nitrogens with one attached hydrogen (secondary N) is 1. The number of halogens is 4. The fourth-order valence-electron chi connectivity index (χ4n) is 4.10. The van der Waals surface area contributed by atoms with Crippen molar-refractivity contribution in [1.82, 2.24) is 4.90 Å². The lowest BCUT2D eigenvalue weighted by Crippen LogP contribution is -2.23. The van der Waals surface area contributed by atoms with Crippen molar-refractivity contribution in [3.63, 3.8) is 0 Å².